The number of hydrogen-bond acceptors (Lipinski definition) is 4. The Morgan fingerprint density at radius 1 is 1.04 bits per heavy atom. The van der Waals surface area contributed by atoms with Crippen LogP contribution in [0.25, 0.3) is 0 Å². The summed E-state index contributed by atoms with van der Waals surface area (Å²) in [5, 5.41) is 2.68. The molecule has 1 amide bonds. The van der Waals surface area contributed by atoms with Crippen LogP contribution in [0.2, 0.25) is 0 Å². The van der Waals surface area contributed by atoms with E-state index in [0.29, 0.717) is 12.3 Å². The van der Waals surface area contributed by atoms with Gasteiger partial charge in [-0.05, 0) is 43.3 Å². The molecule has 0 aliphatic carbocycles. The highest BCUT2D eigenvalue weighted by Gasteiger charge is 2.16. The molecule has 6 heteroatoms. The van der Waals surface area contributed by atoms with Crippen LogP contribution in [0, 0.1) is 0 Å². The monoisotopic (exact) mass is 333 g/mol. The summed E-state index contributed by atoms with van der Waals surface area (Å²) >= 11 is 0. The molecule has 0 atom stereocenters. The number of amides is 1. The fraction of sp³-hybridized carbons (Fsp3) is 0.235. The van der Waals surface area contributed by atoms with Gasteiger partial charge in [0.2, 0.25) is 5.91 Å². The van der Waals surface area contributed by atoms with Gasteiger partial charge in [-0.3, -0.25) is 4.79 Å². The summed E-state index contributed by atoms with van der Waals surface area (Å²) in [6.07, 6.45) is -0.0928. The third-order valence-corrected chi connectivity index (χ3v) is 4.88. The molecule has 0 saturated heterocycles. The molecule has 1 N–H and O–H groups in total. The van der Waals surface area contributed by atoms with Crippen LogP contribution in [0.5, 0.6) is 5.75 Å². The molecule has 122 valence electrons. The fourth-order valence-electron chi connectivity index (χ4n) is 2.00. The number of nitrogens with one attached hydrogen (secondary N) is 1. The van der Waals surface area contributed by atoms with E-state index in [1.807, 2.05) is 6.92 Å². The molecule has 0 aromatic heterocycles. The Balaban J connectivity index is 1.90. The number of anilines is 1. The molecule has 2 aromatic carbocycles. The van der Waals surface area contributed by atoms with Crippen molar-refractivity contribution in [1.29, 1.82) is 0 Å². The second kappa shape index (κ2) is 7.78. The molecule has 0 unspecified atom stereocenters. The molecule has 2 aromatic rings. The third kappa shape index (κ3) is 5.10. The Labute approximate surface area is 136 Å². The van der Waals surface area contributed by atoms with E-state index >= 15 is 0 Å². The lowest BCUT2D eigenvalue weighted by molar-refractivity contribution is -0.115. The van der Waals surface area contributed by atoms with Crippen molar-refractivity contribution in [3.8, 4) is 5.75 Å². The van der Waals surface area contributed by atoms with Gasteiger partial charge in [0.25, 0.3) is 0 Å². The molecule has 0 heterocycles. The van der Waals surface area contributed by atoms with E-state index in [2.05, 4.69) is 5.32 Å². The Hall–Kier alpha value is -2.34. The number of benzene rings is 2. The van der Waals surface area contributed by atoms with Crippen LogP contribution >= 0.6 is 0 Å². The molecule has 5 nitrogen and oxygen atoms in total. The smallest absolute Gasteiger partial charge is 0.225 e. The predicted molar refractivity (Wildman–Crippen MR) is 89.4 cm³/mol. The molecule has 23 heavy (non-hydrogen) atoms. The van der Waals surface area contributed by atoms with Crippen molar-refractivity contribution in [2.75, 3.05) is 17.7 Å². The van der Waals surface area contributed by atoms with Crippen LogP contribution < -0.4 is 10.1 Å². The molecule has 0 aliphatic heterocycles. The largest absolute Gasteiger partial charge is 0.494 e. The summed E-state index contributed by atoms with van der Waals surface area (Å²) in [4.78, 5) is 12.1. The number of sulfone groups is 1. The topological polar surface area (TPSA) is 72.5 Å². The lowest BCUT2D eigenvalue weighted by Gasteiger charge is -2.08. The van der Waals surface area contributed by atoms with Crippen molar-refractivity contribution in [3.63, 3.8) is 0 Å². The van der Waals surface area contributed by atoms with Gasteiger partial charge in [-0.25, -0.2) is 8.42 Å². The van der Waals surface area contributed by atoms with Crippen molar-refractivity contribution in [1.82, 2.24) is 0 Å². The van der Waals surface area contributed by atoms with E-state index in [9.17, 15) is 13.2 Å². The predicted octanol–water partition coefficient (Wildman–Crippen LogP) is 2.89. The van der Waals surface area contributed by atoms with E-state index < -0.39 is 9.84 Å². The fourth-order valence-corrected chi connectivity index (χ4v) is 3.26. The van der Waals surface area contributed by atoms with Gasteiger partial charge in [0, 0.05) is 12.1 Å². The van der Waals surface area contributed by atoms with Crippen LogP contribution in [0.1, 0.15) is 13.3 Å². The second-order valence-corrected chi connectivity index (χ2v) is 7.00. The van der Waals surface area contributed by atoms with Crippen molar-refractivity contribution in [2.24, 2.45) is 0 Å². The number of hydrogen-bond donors (Lipinski definition) is 1. The zero-order valence-corrected chi connectivity index (χ0v) is 13.7. The minimum atomic E-state index is -3.44. The van der Waals surface area contributed by atoms with Crippen molar-refractivity contribution < 1.29 is 17.9 Å². The summed E-state index contributed by atoms with van der Waals surface area (Å²) in [5.74, 6) is 0.158. The number of carbonyl (C=O) groups excluding carboxylic acids is 1. The normalized spacial score (nSPS) is 11.0. The lowest BCUT2D eigenvalue weighted by Crippen LogP contribution is -2.17. The highest BCUT2D eigenvalue weighted by molar-refractivity contribution is 7.91. The van der Waals surface area contributed by atoms with Crippen LogP contribution in [-0.4, -0.2) is 26.7 Å². The third-order valence-electron chi connectivity index (χ3n) is 3.15. The summed E-state index contributed by atoms with van der Waals surface area (Å²) in [6.45, 7) is 2.46. The van der Waals surface area contributed by atoms with Gasteiger partial charge in [-0.1, -0.05) is 18.2 Å². The van der Waals surface area contributed by atoms with Gasteiger partial charge in [0.15, 0.2) is 9.84 Å². The van der Waals surface area contributed by atoms with Gasteiger partial charge in [-0.15, -0.1) is 0 Å². The van der Waals surface area contributed by atoms with Crippen LogP contribution in [0.3, 0.4) is 0 Å². The zero-order valence-electron chi connectivity index (χ0n) is 12.9. The average Bonchev–Trinajstić information content (AvgIpc) is 2.56. The van der Waals surface area contributed by atoms with Crippen molar-refractivity contribution >= 4 is 21.4 Å². The molecule has 0 bridgehead atoms. The molecule has 2 rings (SSSR count). The van der Waals surface area contributed by atoms with E-state index in [1.54, 1.807) is 42.5 Å². The van der Waals surface area contributed by atoms with Gasteiger partial charge >= 0.3 is 0 Å². The maximum atomic E-state index is 12.1. The van der Waals surface area contributed by atoms with E-state index in [0.717, 1.165) is 5.75 Å². The summed E-state index contributed by atoms with van der Waals surface area (Å²) < 4.78 is 29.5. The van der Waals surface area contributed by atoms with Gasteiger partial charge in [-0.2, -0.15) is 0 Å². The zero-order chi connectivity index (χ0) is 16.7. The standard InChI is InChI=1S/C17H19NO4S/c1-2-22-15-10-8-14(9-11-15)18-17(19)12-13-23(20,21)16-6-4-3-5-7-16/h3-11H,2,12-13H2,1H3,(H,18,19). The average molecular weight is 333 g/mol. The highest BCUT2D eigenvalue weighted by atomic mass is 32.2. The molecule has 0 fully saturated rings. The van der Waals surface area contributed by atoms with Crippen LogP contribution in [0.4, 0.5) is 5.69 Å². The van der Waals surface area contributed by atoms with E-state index in [-0.39, 0.29) is 23.0 Å². The quantitative estimate of drug-likeness (QED) is 0.845. The van der Waals surface area contributed by atoms with Crippen LogP contribution in [0.15, 0.2) is 59.5 Å². The summed E-state index contributed by atoms with van der Waals surface area (Å²) in [7, 11) is -3.44. The molecule has 0 saturated carbocycles. The maximum Gasteiger partial charge on any atom is 0.225 e. The summed E-state index contributed by atoms with van der Waals surface area (Å²) in [6, 6.07) is 15.1. The minimum Gasteiger partial charge on any atom is -0.494 e. The highest BCUT2D eigenvalue weighted by Crippen LogP contribution is 2.16. The van der Waals surface area contributed by atoms with Crippen molar-refractivity contribution in [2.45, 2.75) is 18.2 Å². The van der Waals surface area contributed by atoms with E-state index in [4.69, 9.17) is 4.74 Å². The first-order valence-corrected chi connectivity index (χ1v) is 8.97. The Bertz CT molecular complexity index is 740. The number of carbonyl (C=O) groups is 1. The Morgan fingerprint density at radius 2 is 1.70 bits per heavy atom. The van der Waals surface area contributed by atoms with Gasteiger partial charge in [0.05, 0.1) is 17.3 Å². The molecule has 0 radical (unpaired) electrons. The minimum absolute atomic E-state index is 0.0928. The second-order valence-electron chi connectivity index (χ2n) is 4.89. The van der Waals surface area contributed by atoms with E-state index in [1.165, 1.54) is 12.1 Å². The summed E-state index contributed by atoms with van der Waals surface area (Å²) in [5.41, 5.74) is 0.607. The first-order valence-electron chi connectivity index (χ1n) is 7.32. The molecule has 0 aliphatic rings. The lowest BCUT2D eigenvalue weighted by atomic mass is 10.3. The SMILES string of the molecule is CCOc1ccc(NC(=O)CCS(=O)(=O)c2ccccc2)cc1. The number of rotatable bonds is 7. The first kappa shape index (κ1) is 17.0. The van der Waals surface area contributed by atoms with Crippen molar-refractivity contribution in [3.05, 3.63) is 54.6 Å². The maximum absolute atomic E-state index is 12.1. The first-order chi connectivity index (χ1) is 11.0. The molecule has 0 spiro atoms. The Morgan fingerprint density at radius 3 is 2.30 bits per heavy atom. The molecular formula is C17H19NO4S. The Kier molecular flexibility index (Phi) is 5.76. The van der Waals surface area contributed by atoms with Gasteiger partial charge < -0.3 is 10.1 Å². The number of ether oxygens (including phenoxy) is 1. The van der Waals surface area contributed by atoms with Crippen LogP contribution in [-0.2, 0) is 14.6 Å². The molecular weight excluding hydrogens is 314 g/mol. The van der Waals surface area contributed by atoms with Gasteiger partial charge in [0.1, 0.15) is 5.75 Å².